The maximum atomic E-state index is 10.1. The molecule has 0 unspecified atom stereocenters. The van der Waals surface area contributed by atoms with E-state index in [4.69, 9.17) is 9.47 Å². The van der Waals surface area contributed by atoms with E-state index in [1.165, 1.54) is 48.5 Å². The van der Waals surface area contributed by atoms with Crippen LogP contribution in [0.3, 0.4) is 0 Å². The molecule has 8 heteroatoms. The van der Waals surface area contributed by atoms with Crippen LogP contribution in [-0.4, -0.2) is 30.6 Å². The molecule has 1 heterocycles. The third kappa shape index (κ3) is 4.65. The Hall–Kier alpha value is -4.98. The van der Waals surface area contributed by atoms with Gasteiger partial charge in [0.2, 0.25) is 0 Å². The van der Waals surface area contributed by atoms with Crippen LogP contribution in [0.4, 0.5) is 0 Å². The first-order valence-corrected chi connectivity index (χ1v) is 11.0. The molecule has 182 valence electrons. The first kappa shape index (κ1) is 22.8. The summed E-state index contributed by atoms with van der Waals surface area (Å²) in [5, 5.41) is 59.2. The molecule has 0 aromatic heterocycles. The monoisotopic (exact) mass is 486 g/mol. The van der Waals surface area contributed by atoms with Crippen LogP contribution in [-0.2, 0) is 0 Å². The van der Waals surface area contributed by atoms with Gasteiger partial charge in [-0.25, -0.2) is 0 Å². The molecule has 0 radical (unpaired) electrons. The van der Waals surface area contributed by atoms with Crippen molar-refractivity contribution in [3.8, 4) is 46.0 Å². The van der Waals surface area contributed by atoms with E-state index < -0.39 is 12.2 Å². The highest BCUT2D eigenvalue weighted by Gasteiger charge is 2.35. The molecular weight excluding hydrogens is 464 g/mol. The molecule has 0 fully saturated rings. The fraction of sp³-hybridized carbons (Fsp3) is 0.0714. The Morgan fingerprint density at radius 3 is 1.72 bits per heavy atom. The highest BCUT2D eigenvalue weighted by molar-refractivity contribution is 5.72. The van der Waals surface area contributed by atoms with Gasteiger partial charge in [-0.1, -0.05) is 24.3 Å². The highest BCUT2D eigenvalue weighted by atomic mass is 16.6. The van der Waals surface area contributed by atoms with Gasteiger partial charge in [0.05, 0.1) is 0 Å². The van der Waals surface area contributed by atoms with Gasteiger partial charge in [0.25, 0.3) is 0 Å². The van der Waals surface area contributed by atoms with Crippen molar-refractivity contribution in [1.29, 1.82) is 0 Å². The zero-order valence-corrected chi connectivity index (χ0v) is 18.7. The topological polar surface area (TPSA) is 140 Å². The van der Waals surface area contributed by atoms with Crippen molar-refractivity contribution in [1.82, 2.24) is 0 Å². The Morgan fingerprint density at radius 1 is 0.472 bits per heavy atom. The molecule has 1 aliphatic rings. The van der Waals surface area contributed by atoms with E-state index in [-0.39, 0.29) is 34.5 Å². The number of benzene rings is 4. The van der Waals surface area contributed by atoms with Gasteiger partial charge in [-0.2, -0.15) is 0 Å². The van der Waals surface area contributed by atoms with Gasteiger partial charge in [0.15, 0.2) is 35.2 Å². The van der Waals surface area contributed by atoms with Crippen molar-refractivity contribution in [3.63, 3.8) is 0 Å². The van der Waals surface area contributed by atoms with E-state index >= 15 is 0 Å². The van der Waals surface area contributed by atoms with Gasteiger partial charge in [-0.3, -0.25) is 0 Å². The fourth-order valence-electron chi connectivity index (χ4n) is 4.11. The van der Waals surface area contributed by atoms with Crippen molar-refractivity contribution in [3.05, 3.63) is 95.1 Å². The number of rotatable bonds is 4. The predicted octanol–water partition coefficient (Wildman–Crippen LogP) is 5.34. The summed E-state index contributed by atoms with van der Waals surface area (Å²) < 4.78 is 12.5. The fourth-order valence-corrected chi connectivity index (χ4v) is 4.11. The summed E-state index contributed by atoms with van der Waals surface area (Å²) in [4.78, 5) is 0. The summed E-state index contributed by atoms with van der Waals surface area (Å²) in [6.45, 7) is 0. The molecule has 5 rings (SSSR count). The van der Waals surface area contributed by atoms with Crippen molar-refractivity contribution in [2.45, 2.75) is 12.2 Å². The normalized spacial score (nSPS) is 16.8. The number of hydrogen-bond donors (Lipinski definition) is 6. The minimum Gasteiger partial charge on any atom is -0.508 e. The van der Waals surface area contributed by atoms with Crippen molar-refractivity contribution in [2.75, 3.05) is 0 Å². The van der Waals surface area contributed by atoms with E-state index in [2.05, 4.69) is 0 Å². The summed E-state index contributed by atoms with van der Waals surface area (Å²) >= 11 is 0. The molecule has 2 atom stereocenters. The van der Waals surface area contributed by atoms with Crippen LogP contribution in [0.25, 0.3) is 12.2 Å². The third-order valence-corrected chi connectivity index (χ3v) is 5.73. The smallest absolute Gasteiger partial charge is 0.165 e. The third-order valence-electron chi connectivity index (χ3n) is 5.73. The summed E-state index contributed by atoms with van der Waals surface area (Å²) in [7, 11) is 0. The Kier molecular flexibility index (Phi) is 5.69. The Labute approximate surface area is 205 Å². The largest absolute Gasteiger partial charge is 0.508 e. The molecule has 8 nitrogen and oxygen atoms in total. The molecule has 0 aliphatic carbocycles. The quantitative estimate of drug-likeness (QED) is 0.168. The van der Waals surface area contributed by atoms with Gasteiger partial charge in [0, 0.05) is 23.3 Å². The van der Waals surface area contributed by atoms with Gasteiger partial charge in [-0.15, -0.1) is 0 Å². The van der Waals surface area contributed by atoms with Crippen LogP contribution in [0.15, 0.2) is 72.8 Å². The summed E-state index contributed by atoms with van der Waals surface area (Å²) in [5.74, 6) is -0.182. The number of phenolic OH excluding ortho intramolecular Hbond substituents is 6. The minimum absolute atomic E-state index is 0.0548. The second kappa shape index (κ2) is 8.99. The molecule has 0 spiro atoms. The van der Waals surface area contributed by atoms with E-state index in [1.807, 2.05) is 0 Å². The summed E-state index contributed by atoms with van der Waals surface area (Å²) in [6.07, 6.45) is 1.90. The van der Waals surface area contributed by atoms with Crippen LogP contribution in [0.1, 0.15) is 34.5 Å². The first-order chi connectivity index (χ1) is 17.2. The number of phenols is 6. The zero-order chi connectivity index (χ0) is 25.4. The predicted molar refractivity (Wildman–Crippen MR) is 131 cm³/mol. The standard InChI is InChI=1S/C28H22O8/c29-19-7-16(8-20(30)13-19)2-1-15-3-6-25-26(9-15)36-27(17-4-5-23(33)24(34)12-17)28(35-25)18-10-21(31)14-22(32)11-18/h1-14,27-34H/t27-,28+/m1/s1. The minimum atomic E-state index is -0.799. The van der Waals surface area contributed by atoms with Crippen LogP contribution < -0.4 is 9.47 Å². The molecule has 4 aromatic rings. The molecule has 6 N–H and O–H groups in total. The molecule has 0 amide bonds. The van der Waals surface area contributed by atoms with Gasteiger partial charge in [0.1, 0.15) is 23.0 Å². The van der Waals surface area contributed by atoms with Crippen molar-refractivity contribution in [2.24, 2.45) is 0 Å². The average molecular weight is 486 g/mol. The molecule has 0 bridgehead atoms. The maximum absolute atomic E-state index is 10.1. The van der Waals surface area contributed by atoms with Crippen LogP contribution >= 0.6 is 0 Å². The highest BCUT2D eigenvalue weighted by Crippen LogP contribution is 2.48. The molecule has 1 aliphatic heterocycles. The van der Waals surface area contributed by atoms with E-state index in [0.717, 1.165) is 5.56 Å². The SMILES string of the molecule is Oc1cc(O)cc(C=Cc2ccc3c(c2)O[C@H](c2ccc(O)c(O)c2)[C@H](c2cc(O)cc(O)c2)O3)c1. The van der Waals surface area contributed by atoms with Crippen molar-refractivity contribution >= 4 is 12.2 Å². The van der Waals surface area contributed by atoms with Crippen LogP contribution in [0.2, 0.25) is 0 Å². The first-order valence-electron chi connectivity index (χ1n) is 11.0. The molecule has 0 saturated carbocycles. The Morgan fingerprint density at radius 2 is 1.06 bits per heavy atom. The Balaban J connectivity index is 1.52. The number of aromatic hydroxyl groups is 6. The average Bonchev–Trinajstić information content (AvgIpc) is 2.82. The van der Waals surface area contributed by atoms with Gasteiger partial charge >= 0.3 is 0 Å². The van der Waals surface area contributed by atoms with Gasteiger partial charge < -0.3 is 40.1 Å². The van der Waals surface area contributed by atoms with E-state index in [1.54, 1.807) is 36.4 Å². The number of hydrogen-bond acceptors (Lipinski definition) is 8. The number of ether oxygens (including phenoxy) is 2. The summed E-state index contributed by atoms with van der Waals surface area (Å²) in [6, 6.07) is 17.9. The lowest BCUT2D eigenvalue weighted by molar-refractivity contribution is 0.0180. The summed E-state index contributed by atoms with van der Waals surface area (Å²) in [5.41, 5.74) is 2.30. The molecule has 0 saturated heterocycles. The zero-order valence-electron chi connectivity index (χ0n) is 18.7. The van der Waals surface area contributed by atoms with E-state index in [9.17, 15) is 30.6 Å². The lowest BCUT2D eigenvalue weighted by Gasteiger charge is -2.35. The van der Waals surface area contributed by atoms with Gasteiger partial charge in [-0.05, 0) is 59.7 Å². The molecular formula is C28H22O8. The lowest BCUT2D eigenvalue weighted by atomic mass is 9.95. The van der Waals surface area contributed by atoms with Crippen LogP contribution in [0.5, 0.6) is 46.0 Å². The van der Waals surface area contributed by atoms with Crippen LogP contribution in [0, 0.1) is 0 Å². The Bertz CT molecular complexity index is 1440. The second-order valence-electron chi connectivity index (χ2n) is 8.43. The van der Waals surface area contributed by atoms with Crippen molar-refractivity contribution < 1.29 is 40.1 Å². The number of fused-ring (bicyclic) bond motifs is 1. The van der Waals surface area contributed by atoms with E-state index in [0.29, 0.717) is 28.2 Å². The lowest BCUT2D eigenvalue weighted by Crippen LogP contribution is -2.26. The second-order valence-corrected chi connectivity index (χ2v) is 8.43. The molecule has 36 heavy (non-hydrogen) atoms. The molecule has 4 aromatic carbocycles. The maximum Gasteiger partial charge on any atom is 0.165 e.